The normalized spacial score (nSPS) is 11.6. The van der Waals surface area contributed by atoms with Crippen LogP contribution < -0.4 is 14.2 Å². The van der Waals surface area contributed by atoms with Crippen molar-refractivity contribution < 1.29 is 19.0 Å². The Morgan fingerprint density at radius 3 is 1.95 bits per heavy atom. The first-order valence-corrected chi connectivity index (χ1v) is 6.75. The zero-order valence-corrected chi connectivity index (χ0v) is 13.8. The van der Waals surface area contributed by atoms with E-state index in [1.54, 1.807) is 32.9 Å². The summed E-state index contributed by atoms with van der Waals surface area (Å²) >= 11 is 0. The van der Waals surface area contributed by atoms with E-state index in [0.717, 1.165) is 0 Å². The summed E-state index contributed by atoms with van der Waals surface area (Å²) in [6, 6.07) is 5.28. The van der Waals surface area contributed by atoms with Crippen molar-refractivity contribution in [3.05, 3.63) is 23.3 Å². The molecule has 0 aliphatic heterocycles. The van der Waals surface area contributed by atoms with Gasteiger partial charge < -0.3 is 14.2 Å². The number of allylic oxidation sites excluding steroid dienone is 1. The lowest BCUT2D eigenvalue weighted by Gasteiger charge is -2.16. The summed E-state index contributed by atoms with van der Waals surface area (Å²) in [5.74, 6) is 1.27. The molecule has 0 radical (unpaired) electrons. The molecule has 22 heavy (non-hydrogen) atoms. The largest absolute Gasteiger partial charge is 0.496 e. The number of methoxy groups -OCH3 is 3. The molecule has 1 aromatic carbocycles. The highest BCUT2D eigenvalue weighted by Gasteiger charge is 2.25. The number of ketones is 1. The highest BCUT2D eigenvalue weighted by Crippen LogP contribution is 2.36. The molecule has 0 aromatic heterocycles. The average molecular weight is 303 g/mol. The Labute approximate surface area is 131 Å². The number of nitrogens with zero attached hydrogens (tertiary/aromatic N) is 1. The Morgan fingerprint density at radius 1 is 1.05 bits per heavy atom. The molecule has 0 atom stereocenters. The minimum absolute atomic E-state index is 0.0676. The van der Waals surface area contributed by atoms with Crippen molar-refractivity contribution in [3.63, 3.8) is 0 Å². The first-order chi connectivity index (χ1) is 10.3. The zero-order valence-electron chi connectivity index (χ0n) is 13.8. The third-order valence-electron chi connectivity index (χ3n) is 3.08. The summed E-state index contributed by atoms with van der Waals surface area (Å²) in [5.41, 5.74) is 0.0121. The quantitative estimate of drug-likeness (QED) is 0.617. The number of hydrogen-bond donors (Lipinski definition) is 0. The van der Waals surface area contributed by atoms with Gasteiger partial charge in [0.25, 0.3) is 0 Å². The lowest BCUT2D eigenvalue weighted by Crippen LogP contribution is -2.21. The van der Waals surface area contributed by atoms with Crippen LogP contribution >= 0.6 is 0 Å². The maximum Gasteiger partial charge on any atom is 0.178 e. The smallest absolute Gasteiger partial charge is 0.178 e. The molecule has 118 valence electrons. The van der Waals surface area contributed by atoms with E-state index in [-0.39, 0.29) is 11.4 Å². The number of carbonyl (C=O) groups excluding carboxylic acids is 1. The van der Waals surface area contributed by atoms with Gasteiger partial charge in [0.05, 0.1) is 26.9 Å². The van der Waals surface area contributed by atoms with Crippen LogP contribution in [-0.4, -0.2) is 27.1 Å². The molecule has 0 fully saturated rings. The fraction of sp³-hybridized carbons (Fsp3) is 0.412. The highest BCUT2D eigenvalue weighted by molar-refractivity contribution is 6.06. The van der Waals surface area contributed by atoms with Gasteiger partial charge in [-0.2, -0.15) is 5.26 Å². The molecule has 1 rings (SSSR count). The lowest BCUT2D eigenvalue weighted by atomic mass is 9.86. The predicted molar refractivity (Wildman–Crippen MR) is 84.2 cm³/mol. The second-order valence-electron chi connectivity index (χ2n) is 5.70. The molecule has 5 heteroatoms. The SMILES string of the molecule is COc1cc(OC)c(OC)cc1/C=C(\C#N)C(=O)C(C)(C)C. The van der Waals surface area contributed by atoms with E-state index in [1.165, 1.54) is 27.4 Å². The highest BCUT2D eigenvalue weighted by atomic mass is 16.5. The monoisotopic (exact) mass is 303 g/mol. The molecule has 0 aliphatic carbocycles. The van der Waals surface area contributed by atoms with Crippen LogP contribution in [0, 0.1) is 16.7 Å². The first-order valence-electron chi connectivity index (χ1n) is 6.75. The van der Waals surface area contributed by atoms with Crippen LogP contribution in [0.15, 0.2) is 17.7 Å². The molecule has 0 aliphatic rings. The van der Waals surface area contributed by atoms with Crippen molar-refractivity contribution >= 4 is 11.9 Å². The summed E-state index contributed by atoms with van der Waals surface area (Å²) < 4.78 is 15.7. The van der Waals surface area contributed by atoms with Crippen LogP contribution in [0.1, 0.15) is 26.3 Å². The lowest BCUT2D eigenvalue weighted by molar-refractivity contribution is -0.121. The predicted octanol–water partition coefficient (Wildman–Crippen LogP) is 3.23. The van der Waals surface area contributed by atoms with Crippen LogP contribution in [0.4, 0.5) is 0 Å². The minimum atomic E-state index is -0.634. The van der Waals surface area contributed by atoms with Crippen LogP contribution in [0.5, 0.6) is 17.2 Å². The zero-order chi connectivity index (χ0) is 16.9. The summed E-state index contributed by atoms with van der Waals surface area (Å²) in [4.78, 5) is 12.3. The van der Waals surface area contributed by atoms with Crippen molar-refractivity contribution in [1.29, 1.82) is 5.26 Å². The van der Waals surface area contributed by atoms with E-state index in [0.29, 0.717) is 22.8 Å². The van der Waals surface area contributed by atoms with Gasteiger partial charge in [-0.15, -0.1) is 0 Å². The van der Waals surface area contributed by atoms with E-state index in [4.69, 9.17) is 14.2 Å². The maximum atomic E-state index is 12.3. The Hall–Kier alpha value is -2.48. The summed E-state index contributed by atoms with van der Waals surface area (Å²) in [6.45, 7) is 5.31. The number of rotatable bonds is 5. The minimum Gasteiger partial charge on any atom is -0.496 e. The van der Waals surface area contributed by atoms with Crippen molar-refractivity contribution in [2.24, 2.45) is 5.41 Å². The molecule has 1 aromatic rings. The molecular weight excluding hydrogens is 282 g/mol. The standard InChI is InChI=1S/C17H21NO4/c1-17(2,3)16(19)12(10-18)7-11-8-14(21-5)15(22-6)9-13(11)20-4/h7-9H,1-6H3/b12-7+. The molecule has 0 saturated carbocycles. The van der Waals surface area contributed by atoms with Crippen LogP contribution in [0.2, 0.25) is 0 Å². The molecule has 0 N–H and O–H groups in total. The molecule has 0 spiro atoms. The van der Waals surface area contributed by atoms with Gasteiger partial charge in [-0.1, -0.05) is 20.8 Å². The maximum absolute atomic E-state index is 12.3. The van der Waals surface area contributed by atoms with Crippen molar-refractivity contribution in [2.75, 3.05) is 21.3 Å². The van der Waals surface area contributed by atoms with Crippen LogP contribution in [0.25, 0.3) is 6.08 Å². The summed E-state index contributed by atoms with van der Waals surface area (Å²) in [5, 5.41) is 9.28. The number of carbonyl (C=O) groups is 1. The number of nitriles is 1. The number of Topliss-reactive ketones (excluding diaryl/α,β-unsaturated/α-hetero) is 1. The van der Waals surface area contributed by atoms with Crippen molar-refractivity contribution in [2.45, 2.75) is 20.8 Å². The van der Waals surface area contributed by atoms with Gasteiger partial charge in [-0.3, -0.25) is 4.79 Å². The Balaban J connectivity index is 3.45. The van der Waals surface area contributed by atoms with E-state index in [2.05, 4.69) is 0 Å². The van der Waals surface area contributed by atoms with Gasteiger partial charge in [0.1, 0.15) is 11.8 Å². The van der Waals surface area contributed by atoms with Crippen LogP contribution in [0.3, 0.4) is 0 Å². The second kappa shape index (κ2) is 6.99. The van der Waals surface area contributed by atoms with E-state index in [9.17, 15) is 10.1 Å². The average Bonchev–Trinajstić information content (AvgIpc) is 2.50. The van der Waals surface area contributed by atoms with Gasteiger partial charge in [0, 0.05) is 17.0 Å². The van der Waals surface area contributed by atoms with Crippen LogP contribution in [-0.2, 0) is 4.79 Å². The molecule has 0 heterocycles. The Morgan fingerprint density at radius 2 is 1.55 bits per heavy atom. The molecule has 0 bridgehead atoms. The van der Waals surface area contributed by atoms with Crippen molar-refractivity contribution in [3.8, 4) is 23.3 Å². The topological polar surface area (TPSA) is 68.6 Å². The number of benzene rings is 1. The summed E-state index contributed by atoms with van der Waals surface area (Å²) in [6.07, 6.45) is 1.51. The van der Waals surface area contributed by atoms with Crippen molar-refractivity contribution in [1.82, 2.24) is 0 Å². The third kappa shape index (κ3) is 3.79. The molecule has 0 unspecified atom stereocenters. The fourth-order valence-corrected chi connectivity index (χ4v) is 1.87. The Bertz CT molecular complexity index is 633. The first kappa shape index (κ1) is 17.6. The second-order valence-corrected chi connectivity index (χ2v) is 5.70. The van der Waals surface area contributed by atoms with Gasteiger partial charge in [0.15, 0.2) is 17.3 Å². The van der Waals surface area contributed by atoms with E-state index >= 15 is 0 Å². The number of ether oxygens (including phenoxy) is 3. The Kier molecular flexibility index (Phi) is 5.58. The number of hydrogen-bond acceptors (Lipinski definition) is 5. The van der Waals surface area contributed by atoms with Gasteiger partial charge in [-0.05, 0) is 12.1 Å². The fourth-order valence-electron chi connectivity index (χ4n) is 1.87. The van der Waals surface area contributed by atoms with E-state index < -0.39 is 5.41 Å². The molecule has 0 amide bonds. The van der Waals surface area contributed by atoms with Gasteiger partial charge >= 0.3 is 0 Å². The van der Waals surface area contributed by atoms with Gasteiger partial charge in [0.2, 0.25) is 0 Å². The van der Waals surface area contributed by atoms with Gasteiger partial charge in [-0.25, -0.2) is 0 Å². The summed E-state index contributed by atoms with van der Waals surface area (Å²) in [7, 11) is 4.55. The third-order valence-corrected chi connectivity index (χ3v) is 3.08. The molecule has 0 saturated heterocycles. The van der Waals surface area contributed by atoms with E-state index in [1.807, 2.05) is 6.07 Å². The molecular formula is C17H21NO4. The molecule has 5 nitrogen and oxygen atoms in total.